The van der Waals surface area contributed by atoms with Crippen molar-refractivity contribution in [2.45, 2.75) is 135 Å². The van der Waals surface area contributed by atoms with Crippen molar-refractivity contribution in [1.82, 2.24) is 5.32 Å². The van der Waals surface area contributed by atoms with Crippen LogP contribution in [0.4, 0.5) is 29.7 Å². The van der Waals surface area contributed by atoms with Crippen LogP contribution in [0.2, 0.25) is 0 Å². The highest BCUT2D eigenvalue weighted by Gasteiger charge is 2.80. The number of rotatable bonds is 19. The van der Waals surface area contributed by atoms with Gasteiger partial charge in [-0.25, -0.2) is 18.4 Å². The average Bonchev–Trinajstić information content (AvgIpc) is 3.79. The van der Waals surface area contributed by atoms with E-state index < -0.39 is 101 Å². The minimum Gasteiger partial charge on any atom is -0.486 e. The van der Waals surface area contributed by atoms with Gasteiger partial charge in [-0.15, -0.1) is 0 Å². The summed E-state index contributed by atoms with van der Waals surface area (Å²) >= 11 is 0. The Morgan fingerprint density at radius 1 is 0.986 bits per heavy atom. The molecule has 4 aliphatic carbocycles. The van der Waals surface area contributed by atoms with Crippen LogP contribution >= 0.6 is 0 Å². The number of nitrogens with one attached hydrogen (secondary N) is 3. The molecule has 18 heteroatoms. The molecule has 69 heavy (non-hydrogen) atoms. The largest absolute Gasteiger partial charge is 0.486 e. The maximum atomic E-state index is 17.8. The summed E-state index contributed by atoms with van der Waals surface area (Å²) in [4.78, 5) is 76.8. The normalized spacial score (nSPS) is 31.8. The minimum atomic E-state index is -2.33. The number of alkyl halides is 2. The highest BCUT2D eigenvalue weighted by Crippen LogP contribution is 2.72. The monoisotopic (exact) mass is 961 g/mol. The first-order chi connectivity index (χ1) is 32.7. The second-order valence-corrected chi connectivity index (χ2v) is 20.0. The molecule has 12 atom stereocenters. The SMILES string of the molecule is CCCC1O[C@@H]2C[C@H]3[C@@H]4C[C@H](F)C5=CC(=O)C=C[C@]5(C)[C@@]4(F)[C@@H](O)C[C@]3(C)[C@]2(C(=O)COc2ccc(NC(=O)OCc3ccc(NC(=O)[C@H](CCCNC(N)=O)CC(=O)[C@@H](N)C(C)C)cc3)cc2)O1. The molecular weight excluding hydrogens is 897 g/mol. The van der Waals surface area contributed by atoms with Crippen LogP contribution in [-0.4, -0.2) is 95.6 Å². The van der Waals surface area contributed by atoms with E-state index in [9.17, 15) is 33.9 Å². The zero-order chi connectivity index (χ0) is 50.1. The quantitative estimate of drug-likeness (QED) is 0.0822. The van der Waals surface area contributed by atoms with Crippen LogP contribution in [0.15, 0.2) is 72.3 Å². The number of hydrogen-bond acceptors (Lipinski definition) is 12. The van der Waals surface area contributed by atoms with E-state index >= 15 is 8.78 Å². The van der Waals surface area contributed by atoms with Gasteiger partial charge in [-0.3, -0.25) is 24.5 Å². The Hall–Kier alpha value is -5.56. The van der Waals surface area contributed by atoms with E-state index in [0.717, 1.165) is 6.08 Å². The number of carbonyl (C=O) groups is 6. The standard InChI is InChI=1S/C51H65F2N5O11/c1-6-8-43-68-42-24-35-36-23-38(52)37-22-33(59)18-19-48(37,4)50(36,53)40(61)25-49(35,5)51(42,69-43)41(62)27-66-34-16-14-32(15-17-34)58-47(65)67-26-29-10-12-31(13-11-29)57-45(63)30(9-7-20-56-46(55)64)21-39(60)44(54)28(2)3/h10-19,22,28,30,35-36,38,40,42-44,61H,6-9,20-21,23-27,54H2,1-5H3,(H,57,63)(H,58,65)(H3,55,56,64)/t30-,35+,36+,38+,40+,42-,43?,44+,48+,49+,50+,51-/m1/s1. The second kappa shape index (κ2) is 20.4. The van der Waals surface area contributed by atoms with Crippen molar-refractivity contribution in [3.05, 3.63) is 77.9 Å². The Morgan fingerprint density at radius 3 is 2.33 bits per heavy atom. The van der Waals surface area contributed by atoms with Gasteiger partial charge in [0.25, 0.3) is 0 Å². The number of Topliss-reactive ketones (excluding diaryl/α,β-unsaturated/α-hetero) is 2. The molecule has 1 unspecified atom stereocenters. The number of primary amides is 1. The van der Waals surface area contributed by atoms with Gasteiger partial charge in [0, 0.05) is 47.0 Å². The first-order valence-electron chi connectivity index (χ1n) is 23.9. The summed E-state index contributed by atoms with van der Waals surface area (Å²) in [7, 11) is 0. The van der Waals surface area contributed by atoms with Crippen LogP contribution < -0.4 is 32.2 Å². The van der Waals surface area contributed by atoms with Crippen LogP contribution in [0.1, 0.15) is 91.5 Å². The number of anilines is 2. The summed E-state index contributed by atoms with van der Waals surface area (Å²) in [6, 6.07) is 11.5. The van der Waals surface area contributed by atoms with Gasteiger partial charge < -0.3 is 46.2 Å². The van der Waals surface area contributed by atoms with Crippen molar-refractivity contribution in [1.29, 1.82) is 0 Å². The number of allylic oxidation sites excluding steroid dienone is 4. The number of benzene rings is 2. The molecule has 2 aromatic rings. The molecule has 1 aliphatic heterocycles. The van der Waals surface area contributed by atoms with Crippen LogP contribution in [0.3, 0.4) is 0 Å². The number of ketones is 3. The lowest BCUT2D eigenvalue weighted by Crippen LogP contribution is -2.71. The Morgan fingerprint density at radius 2 is 1.67 bits per heavy atom. The van der Waals surface area contributed by atoms with Crippen LogP contribution in [-0.2, 0) is 40.0 Å². The Kier molecular flexibility index (Phi) is 15.2. The van der Waals surface area contributed by atoms with Crippen LogP contribution in [0.5, 0.6) is 5.75 Å². The zero-order valence-electron chi connectivity index (χ0n) is 39.8. The van der Waals surface area contributed by atoms with Gasteiger partial charge in [0.15, 0.2) is 29.1 Å². The van der Waals surface area contributed by atoms with E-state index in [1.165, 1.54) is 19.1 Å². The molecule has 4 amide bonds. The first kappa shape index (κ1) is 51.3. The molecule has 0 radical (unpaired) electrons. The highest BCUT2D eigenvalue weighted by atomic mass is 19.1. The molecule has 0 spiro atoms. The van der Waals surface area contributed by atoms with Crippen LogP contribution in [0.25, 0.3) is 0 Å². The van der Waals surface area contributed by atoms with E-state index in [1.807, 2.05) is 20.8 Å². The van der Waals surface area contributed by atoms with E-state index in [-0.39, 0.29) is 62.0 Å². The van der Waals surface area contributed by atoms with Crippen LogP contribution in [0, 0.1) is 34.5 Å². The molecule has 374 valence electrons. The Bertz CT molecular complexity index is 2350. The van der Waals surface area contributed by atoms with Crippen molar-refractivity contribution >= 4 is 46.8 Å². The number of ether oxygens (including phenoxy) is 4. The van der Waals surface area contributed by atoms with E-state index in [2.05, 4.69) is 16.0 Å². The van der Waals surface area contributed by atoms with E-state index in [1.54, 1.807) is 55.5 Å². The molecule has 0 aromatic heterocycles. The summed E-state index contributed by atoms with van der Waals surface area (Å²) in [6.45, 7) is 8.65. The number of urea groups is 1. The number of amides is 4. The lowest BCUT2D eigenvalue weighted by Gasteiger charge is -2.63. The maximum absolute atomic E-state index is 17.8. The fourth-order valence-electron chi connectivity index (χ4n) is 11.6. The fraction of sp³-hybridized carbons (Fsp3) is 0.569. The number of aliphatic hydroxyl groups is 1. The molecule has 16 nitrogen and oxygen atoms in total. The minimum absolute atomic E-state index is 0.0195. The summed E-state index contributed by atoms with van der Waals surface area (Å²) in [5.41, 5.74) is 5.98. The summed E-state index contributed by atoms with van der Waals surface area (Å²) < 4.78 is 58.3. The van der Waals surface area contributed by atoms with Gasteiger partial charge >= 0.3 is 12.1 Å². The predicted octanol–water partition coefficient (Wildman–Crippen LogP) is 6.54. The topological polar surface area (TPSA) is 248 Å². The van der Waals surface area contributed by atoms with Gasteiger partial charge in [-0.1, -0.05) is 52.3 Å². The van der Waals surface area contributed by atoms with Gasteiger partial charge in [-0.2, -0.15) is 0 Å². The van der Waals surface area contributed by atoms with E-state index in [0.29, 0.717) is 48.4 Å². The summed E-state index contributed by atoms with van der Waals surface area (Å²) in [5.74, 6) is -3.62. The third kappa shape index (κ3) is 9.82. The predicted molar refractivity (Wildman–Crippen MR) is 250 cm³/mol. The first-order valence-corrected chi connectivity index (χ1v) is 23.9. The molecule has 5 aliphatic rings. The summed E-state index contributed by atoms with van der Waals surface area (Å²) in [6.07, 6.45) is -0.130. The third-order valence-corrected chi connectivity index (χ3v) is 15.4. The van der Waals surface area contributed by atoms with Gasteiger partial charge in [0.2, 0.25) is 11.7 Å². The lowest BCUT2D eigenvalue weighted by molar-refractivity contribution is -0.234. The Balaban J connectivity index is 0.940. The molecule has 1 saturated heterocycles. The maximum Gasteiger partial charge on any atom is 0.411 e. The molecule has 4 fully saturated rings. The van der Waals surface area contributed by atoms with Gasteiger partial charge in [0.1, 0.15) is 25.1 Å². The molecule has 0 bridgehead atoms. The smallest absolute Gasteiger partial charge is 0.411 e. The zero-order valence-corrected chi connectivity index (χ0v) is 39.8. The molecule has 3 saturated carbocycles. The molecule has 1 heterocycles. The summed E-state index contributed by atoms with van der Waals surface area (Å²) in [5, 5.41) is 19.8. The third-order valence-electron chi connectivity index (χ3n) is 15.4. The number of nitrogens with two attached hydrogens (primary N) is 2. The average molecular weight is 962 g/mol. The van der Waals surface area contributed by atoms with E-state index in [4.69, 9.17) is 30.4 Å². The van der Waals surface area contributed by atoms with Gasteiger partial charge in [-0.05, 0) is 117 Å². The van der Waals surface area contributed by atoms with Crippen molar-refractivity contribution in [3.63, 3.8) is 0 Å². The molecule has 2 aromatic carbocycles. The van der Waals surface area contributed by atoms with Crippen molar-refractivity contribution in [2.75, 3.05) is 23.8 Å². The van der Waals surface area contributed by atoms with Crippen molar-refractivity contribution in [3.8, 4) is 5.75 Å². The van der Waals surface area contributed by atoms with Crippen molar-refractivity contribution < 1.29 is 61.6 Å². The number of fused-ring (bicyclic) bond motifs is 7. The molecular formula is C51H65F2N5O11. The number of carbonyl (C=O) groups excluding carboxylic acids is 6. The lowest BCUT2D eigenvalue weighted by atomic mass is 9.44. The number of hydrogen-bond donors (Lipinski definition) is 6. The molecule has 8 N–H and O–H groups in total. The Labute approximate surface area is 400 Å². The number of halogens is 2. The number of aliphatic hydroxyl groups excluding tert-OH is 1. The molecule has 7 rings (SSSR count). The second-order valence-electron chi connectivity index (χ2n) is 20.0. The van der Waals surface area contributed by atoms with Crippen molar-refractivity contribution in [2.24, 2.45) is 46.0 Å². The highest BCUT2D eigenvalue weighted by molar-refractivity contribution is 6.01. The fourth-order valence-corrected chi connectivity index (χ4v) is 11.6. The van der Waals surface area contributed by atoms with Gasteiger partial charge in [0.05, 0.1) is 18.2 Å².